The molecule has 0 spiro atoms. The number of hydrogen-bond donors (Lipinski definition) is 1. The molecule has 0 fully saturated rings. The third kappa shape index (κ3) is 2.32. The maximum Gasteiger partial charge on any atom is 0.331 e. The van der Waals surface area contributed by atoms with Gasteiger partial charge in [0.1, 0.15) is 17.8 Å². The summed E-state index contributed by atoms with van der Waals surface area (Å²) in [6, 6.07) is 2.27. The second-order valence-electron chi connectivity index (χ2n) is 3.32. The number of benzene rings is 1. The number of hydrogen-bond acceptors (Lipinski definition) is 4. The predicted molar refractivity (Wildman–Crippen MR) is 59.7 cm³/mol. The van der Waals surface area contributed by atoms with Gasteiger partial charge in [-0.15, -0.1) is 0 Å². The normalized spacial score (nSPS) is 10.1. The summed E-state index contributed by atoms with van der Waals surface area (Å²) in [5, 5.41) is 13.0. The molecule has 92 valence electrons. The Morgan fingerprint density at radius 1 is 1.50 bits per heavy atom. The van der Waals surface area contributed by atoms with Crippen LogP contribution in [0.3, 0.4) is 0 Å². The molecule has 0 atom stereocenters. The van der Waals surface area contributed by atoms with Crippen LogP contribution >= 0.6 is 0 Å². The largest absolute Gasteiger partial charge is 0.331 e. The van der Waals surface area contributed by atoms with Gasteiger partial charge >= 0.3 is 6.03 Å². The molecule has 0 saturated carbocycles. The van der Waals surface area contributed by atoms with Crippen molar-refractivity contribution in [3.05, 3.63) is 52.9 Å². The number of imidazole rings is 1. The number of anilines is 1. The molecule has 0 unspecified atom stereocenters. The lowest BCUT2D eigenvalue weighted by atomic mass is 10.2. The van der Waals surface area contributed by atoms with Crippen LogP contribution in [0.25, 0.3) is 0 Å². The number of nitro groups is 1. The molecule has 0 aliphatic rings. The molecule has 1 N–H and O–H groups in total. The van der Waals surface area contributed by atoms with Crippen LogP contribution in [0.15, 0.2) is 36.9 Å². The van der Waals surface area contributed by atoms with Crippen molar-refractivity contribution in [2.45, 2.75) is 0 Å². The highest BCUT2D eigenvalue weighted by molar-refractivity contribution is 5.93. The first-order valence-electron chi connectivity index (χ1n) is 4.81. The van der Waals surface area contributed by atoms with E-state index in [2.05, 4.69) is 10.3 Å². The molecule has 8 heteroatoms. The van der Waals surface area contributed by atoms with E-state index in [1.54, 1.807) is 0 Å². The number of nitro benzene ring substituents is 1. The van der Waals surface area contributed by atoms with Crippen LogP contribution in [-0.2, 0) is 0 Å². The number of aromatic nitrogens is 2. The van der Waals surface area contributed by atoms with Crippen LogP contribution in [0.5, 0.6) is 0 Å². The van der Waals surface area contributed by atoms with Gasteiger partial charge in [0.25, 0.3) is 5.69 Å². The number of carbonyl (C=O) groups excluding carboxylic acids is 1. The SMILES string of the molecule is O=C(Nc1ccc(F)cc1[N+](=O)[O-])n1ccnc1. The maximum absolute atomic E-state index is 12.9. The standard InChI is InChI=1S/C10H7FN4O3/c11-7-1-2-8(9(5-7)15(17)18)13-10(16)14-4-3-12-6-14/h1-6H,(H,13,16). The third-order valence-corrected chi connectivity index (χ3v) is 2.14. The van der Waals surface area contributed by atoms with Gasteiger partial charge in [0.15, 0.2) is 0 Å². The van der Waals surface area contributed by atoms with Gasteiger partial charge in [-0.2, -0.15) is 0 Å². The fourth-order valence-electron chi connectivity index (χ4n) is 1.32. The van der Waals surface area contributed by atoms with Crippen LogP contribution in [-0.4, -0.2) is 20.5 Å². The number of rotatable bonds is 2. The van der Waals surface area contributed by atoms with Gasteiger partial charge in [-0.05, 0) is 12.1 Å². The van der Waals surface area contributed by atoms with E-state index in [9.17, 15) is 19.3 Å². The van der Waals surface area contributed by atoms with Gasteiger partial charge in [0, 0.05) is 12.4 Å². The summed E-state index contributed by atoms with van der Waals surface area (Å²) in [6.45, 7) is 0. The molecule has 1 aromatic carbocycles. The molecule has 18 heavy (non-hydrogen) atoms. The number of carbonyl (C=O) groups is 1. The Bertz CT molecular complexity index is 597. The molecular formula is C10H7FN4O3. The van der Waals surface area contributed by atoms with Gasteiger partial charge in [-0.1, -0.05) is 0 Å². The lowest BCUT2D eigenvalue weighted by molar-refractivity contribution is -0.384. The Balaban J connectivity index is 2.29. The van der Waals surface area contributed by atoms with E-state index in [1.807, 2.05) is 0 Å². The topological polar surface area (TPSA) is 90.1 Å². The highest BCUT2D eigenvalue weighted by Crippen LogP contribution is 2.24. The Morgan fingerprint density at radius 3 is 2.89 bits per heavy atom. The molecule has 0 aliphatic heterocycles. The average Bonchev–Trinajstić information content (AvgIpc) is 2.84. The summed E-state index contributed by atoms with van der Waals surface area (Å²) in [6.07, 6.45) is 4.01. The maximum atomic E-state index is 12.9. The number of amides is 1. The minimum atomic E-state index is -0.771. The van der Waals surface area contributed by atoms with Crippen molar-refractivity contribution in [2.24, 2.45) is 0 Å². The van der Waals surface area contributed by atoms with Crippen molar-refractivity contribution < 1.29 is 14.1 Å². The number of nitrogens with zero attached hydrogens (tertiary/aromatic N) is 3. The van der Waals surface area contributed by atoms with E-state index >= 15 is 0 Å². The molecule has 2 rings (SSSR count). The van der Waals surface area contributed by atoms with Crippen LogP contribution in [0.2, 0.25) is 0 Å². The zero-order valence-electron chi connectivity index (χ0n) is 8.91. The monoisotopic (exact) mass is 250 g/mol. The van der Waals surface area contributed by atoms with E-state index in [0.29, 0.717) is 0 Å². The fraction of sp³-hybridized carbons (Fsp3) is 0. The zero-order valence-corrected chi connectivity index (χ0v) is 8.91. The Labute approximate surface area is 100 Å². The van der Waals surface area contributed by atoms with Crippen molar-refractivity contribution in [3.63, 3.8) is 0 Å². The molecule has 0 radical (unpaired) electrons. The molecule has 0 bridgehead atoms. The predicted octanol–water partition coefficient (Wildman–Crippen LogP) is 2.01. The van der Waals surface area contributed by atoms with E-state index in [4.69, 9.17) is 0 Å². The highest BCUT2D eigenvalue weighted by atomic mass is 19.1. The van der Waals surface area contributed by atoms with Crippen molar-refractivity contribution in [1.82, 2.24) is 9.55 Å². The van der Waals surface area contributed by atoms with Crippen molar-refractivity contribution in [3.8, 4) is 0 Å². The summed E-state index contributed by atoms with van der Waals surface area (Å²) in [5.41, 5.74) is -0.594. The first kappa shape index (κ1) is 11.7. The number of nitrogens with one attached hydrogen (secondary N) is 1. The van der Waals surface area contributed by atoms with Crippen LogP contribution in [0, 0.1) is 15.9 Å². The molecule has 1 heterocycles. The van der Waals surface area contributed by atoms with Gasteiger partial charge < -0.3 is 5.32 Å². The molecule has 0 saturated heterocycles. The van der Waals surface area contributed by atoms with Gasteiger partial charge in [-0.25, -0.2) is 14.2 Å². The third-order valence-electron chi connectivity index (χ3n) is 2.14. The van der Waals surface area contributed by atoms with E-state index in [1.165, 1.54) is 18.7 Å². The zero-order chi connectivity index (χ0) is 13.1. The van der Waals surface area contributed by atoms with Crippen molar-refractivity contribution >= 4 is 17.4 Å². The molecule has 2 aromatic rings. The Morgan fingerprint density at radius 2 is 2.28 bits per heavy atom. The summed E-state index contributed by atoms with van der Waals surface area (Å²) in [4.78, 5) is 25.2. The van der Waals surface area contributed by atoms with Crippen LogP contribution < -0.4 is 5.32 Å². The average molecular weight is 250 g/mol. The van der Waals surface area contributed by atoms with Gasteiger partial charge in [0.05, 0.1) is 11.0 Å². The quantitative estimate of drug-likeness (QED) is 0.652. The lowest BCUT2D eigenvalue weighted by Gasteiger charge is -2.05. The molecule has 1 aromatic heterocycles. The van der Waals surface area contributed by atoms with Crippen molar-refractivity contribution in [2.75, 3.05) is 5.32 Å². The smallest absolute Gasteiger partial charge is 0.301 e. The van der Waals surface area contributed by atoms with E-state index < -0.39 is 22.5 Å². The first-order chi connectivity index (χ1) is 8.58. The first-order valence-corrected chi connectivity index (χ1v) is 4.81. The summed E-state index contributed by atoms with van der Waals surface area (Å²) < 4.78 is 14.0. The summed E-state index contributed by atoms with van der Waals surface area (Å²) >= 11 is 0. The molecule has 7 nitrogen and oxygen atoms in total. The minimum Gasteiger partial charge on any atom is -0.301 e. The lowest BCUT2D eigenvalue weighted by Crippen LogP contribution is -2.18. The molecule has 0 aliphatic carbocycles. The Hall–Kier alpha value is -2.77. The summed E-state index contributed by atoms with van der Waals surface area (Å²) in [7, 11) is 0. The molecule has 1 amide bonds. The highest BCUT2D eigenvalue weighted by Gasteiger charge is 2.17. The minimum absolute atomic E-state index is 0.0832. The van der Waals surface area contributed by atoms with E-state index in [-0.39, 0.29) is 5.69 Å². The van der Waals surface area contributed by atoms with Gasteiger partial charge in [-0.3, -0.25) is 14.7 Å². The van der Waals surface area contributed by atoms with E-state index in [0.717, 1.165) is 22.8 Å². The fourth-order valence-corrected chi connectivity index (χ4v) is 1.32. The second kappa shape index (κ2) is 4.62. The van der Waals surface area contributed by atoms with Crippen molar-refractivity contribution in [1.29, 1.82) is 0 Å². The second-order valence-corrected chi connectivity index (χ2v) is 3.32. The van der Waals surface area contributed by atoms with Gasteiger partial charge in [0.2, 0.25) is 0 Å². The summed E-state index contributed by atoms with van der Waals surface area (Å²) in [5.74, 6) is -0.748. The Kier molecular flexibility index (Phi) is 3.00. The molecular weight excluding hydrogens is 243 g/mol. The van der Waals surface area contributed by atoms with Crippen LogP contribution in [0.4, 0.5) is 20.6 Å². The van der Waals surface area contributed by atoms with Crippen LogP contribution in [0.1, 0.15) is 0 Å². The number of halogens is 1.